The van der Waals surface area contributed by atoms with Gasteiger partial charge in [-0.3, -0.25) is 4.79 Å². The van der Waals surface area contributed by atoms with E-state index in [0.29, 0.717) is 11.3 Å². The summed E-state index contributed by atoms with van der Waals surface area (Å²) in [6.07, 6.45) is -4.61. The summed E-state index contributed by atoms with van der Waals surface area (Å²) in [7, 11) is -1.85. The zero-order valence-corrected chi connectivity index (χ0v) is 18.5. The highest BCUT2D eigenvalue weighted by molar-refractivity contribution is 8.16. The van der Waals surface area contributed by atoms with Gasteiger partial charge in [-0.15, -0.1) is 0 Å². The molecule has 1 amide bonds. The van der Waals surface area contributed by atoms with Gasteiger partial charge in [0, 0.05) is 16.5 Å². The number of rotatable bonds is 4. The van der Waals surface area contributed by atoms with Crippen LogP contribution in [0.15, 0.2) is 53.5 Å². The standard InChI is InChI=1S/C21H19F3N2O4S2/c1-30-17-8-3-2-5-13(17)9-19(27)25-20-26(16-11-32(28,29)12-18(16)31-20)15-7-4-6-14(10-15)21(22,23)24/h2-8,10,16,18H,9,11-12H2,1H3/t16-,18+/m0/s1. The second kappa shape index (κ2) is 8.43. The van der Waals surface area contributed by atoms with Gasteiger partial charge < -0.3 is 9.64 Å². The second-order valence-electron chi connectivity index (χ2n) is 7.50. The minimum absolute atomic E-state index is 0.0574. The lowest BCUT2D eigenvalue weighted by atomic mass is 10.1. The highest BCUT2D eigenvalue weighted by atomic mass is 32.2. The monoisotopic (exact) mass is 484 g/mol. The van der Waals surface area contributed by atoms with Crippen molar-refractivity contribution in [3.63, 3.8) is 0 Å². The van der Waals surface area contributed by atoms with Crippen LogP contribution in [0.2, 0.25) is 0 Å². The molecule has 11 heteroatoms. The Balaban J connectivity index is 1.68. The van der Waals surface area contributed by atoms with Crippen LogP contribution in [0.25, 0.3) is 0 Å². The average molecular weight is 485 g/mol. The van der Waals surface area contributed by atoms with Gasteiger partial charge in [0.2, 0.25) is 0 Å². The molecule has 2 heterocycles. The van der Waals surface area contributed by atoms with Crippen molar-refractivity contribution in [1.29, 1.82) is 0 Å². The number of amides is 1. The van der Waals surface area contributed by atoms with Crippen LogP contribution in [-0.2, 0) is 27.2 Å². The molecule has 2 fully saturated rings. The lowest BCUT2D eigenvalue weighted by Gasteiger charge is -2.25. The number of anilines is 1. The number of carbonyl (C=O) groups is 1. The zero-order valence-electron chi connectivity index (χ0n) is 16.9. The fourth-order valence-corrected chi connectivity index (χ4v) is 7.79. The summed E-state index contributed by atoms with van der Waals surface area (Å²) >= 11 is 1.11. The van der Waals surface area contributed by atoms with E-state index in [1.54, 1.807) is 24.3 Å². The first-order valence-corrected chi connectivity index (χ1v) is 12.3. The van der Waals surface area contributed by atoms with Crippen LogP contribution in [-0.4, -0.2) is 49.4 Å². The number of thioether (sulfide) groups is 1. The maximum Gasteiger partial charge on any atom is 0.416 e. The predicted octanol–water partition coefficient (Wildman–Crippen LogP) is 3.56. The van der Waals surface area contributed by atoms with E-state index < -0.39 is 38.8 Å². The highest BCUT2D eigenvalue weighted by Crippen LogP contribution is 2.42. The molecule has 0 N–H and O–H groups in total. The van der Waals surface area contributed by atoms with Crippen molar-refractivity contribution in [2.45, 2.75) is 23.9 Å². The number of amidine groups is 1. The van der Waals surface area contributed by atoms with E-state index in [2.05, 4.69) is 4.99 Å². The van der Waals surface area contributed by atoms with Crippen molar-refractivity contribution in [1.82, 2.24) is 0 Å². The molecule has 2 aliphatic heterocycles. The van der Waals surface area contributed by atoms with E-state index in [9.17, 15) is 26.4 Å². The number of ether oxygens (including phenoxy) is 1. The Morgan fingerprint density at radius 3 is 2.66 bits per heavy atom. The average Bonchev–Trinajstić information content (AvgIpc) is 3.18. The molecule has 0 aromatic heterocycles. The Morgan fingerprint density at radius 2 is 1.94 bits per heavy atom. The van der Waals surface area contributed by atoms with Gasteiger partial charge in [-0.1, -0.05) is 36.0 Å². The fourth-order valence-electron chi connectivity index (χ4n) is 3.86. The number of halogens is 3. The van der Waals surface area contributed by atoms with Crippen LogP contribution in [0.1, 0.15) is 11.1 Å². The second-order valence-corrected chi connectivity index (χ2v) is 10.9. The molecule has 2 aromatic carbocycles. The number of sulfone groups is 1. The number of hydrogen-bond acceptors (Lipinski definition) is 5. The molecule has 0 saturated carbocycles. The van der Waals surface area contributed by atoms with E-state index in [1.165, 1.54) is 24.1 Å². The number of fused-ring (bicyclic) bond motifs is 1. The number of benzene rings is 2. The quantitative estimate of drug-likeness (QED) is 0.661. The number of nitrogens with zero attached hydrogens (tertiary/aromatic N) is 2. The Morgan fingerprint density at radius 1 is 1.19 bits per heavy atom. The Hall–Kier alpha value is -2.53. The van der Waals surface area contributed by atoms with Crippen LogP contribution in [0.4, 0.5) is 18.9 Å². The summed E-state index contributed by atoms with van der Waals surface area (Å²) in [6.45, 7) is 0. The molecular formula is C21H19F3N2O4S2. The van der Waals surface area contributed by atoms with Crippen molar-refractivity contribution in [2.75, 3.05) is 23.5 Å². The molecule has 4 rings (SSSR count). The number of alkyl halides is 3. The Labute approximate surface area is 187 Å². The van der Waals surface area contributed by atoms with Crippen LogP contribution in [0, 0.1) is 0 Å². The molecule has 0 unspecified atom stereocenters. The van der Waals surface area contributed by atoms with E-state index in [0.717, 1.165) is 23.9 Å². The summed E-state index contributed by atoms with van der Waals surface area (Å²) in [5.74, 6) is -0.298. The van der Waals surface area contributed by atoms with Gasteiger partial charge in [0.15, 0.2) is 15.0 Å². The third kappa shape index (κ3) is 4.63. The summed E-state index contributed by atoms with van der Waals surface area (Å²) in [6, 6.07) is 11.0. The van der Waals surface area contributed by atoms with Crippen LogP contribution in [0.5, 0.6) is 5.75 Å². The molecular weight excluding hydrogens is 465 g/mol. The third-order valence-electron chi connectivity index (χ3n) is 5.27. The zero-order chi connectivity index (χ0) is 23.1. The van der Waals surface area contributed by atoms with Crippen molar-refractivity contribution in [3.8, 4) is 5.75 Å². The van der Waals surface area contributed by atoms with Crippen molar-refractivity contribution in [3.05, 3.63) is 59.7 Å². The smallest absolute Gasteiger partial charge is 0.416 e. The minimum Gasteiger partial charge on any atom is -0.496 e. The molecule has 6 nitrogen and oxygen atoms in total. The predicted molar refractivity (Wildman–Crippen MR) is 117 cm³/mol. The summed E-state index contributed by atoms with van der Waals surface area (Å²) in [5.41, 5.74) is -0.0782. The van der Waals surface area contributed by atoms with Crippen LogP contribution >= 0.6 is 11.8 Å². The van der Waals surface area contributed by atoms with Gasteiger partial charge in [0.1, 0.15) is 5.75 Å². The third-order valence-corrected chi connectivity index (χ3v) is 8.48. The fraction of sp³-hybridized carbons (Fsp3) is 0.333. The topological polar surface area (TPSA) is 76.0 Å². The van der Waals surface area contributed by atoms with Gasteiger partial charge in [0.05, 0.1) is 36.6 Å². The molecule has 2 aromatic rings. The highest BCUT2D eigenvalue weighted by Gasteiger charge is 2.49. The lowest BCUT2D eigenvalue weighted by molar-refractivity contribution is -0.137. The first-order valence-electron chi connectivity index (χ1n) is 9.64. The number of methoxy groups -OCH3 is 1. The van der Waals surface area contributed by atoms with Crippen LogP contribution in [0.3, 0.4) is 0 Å². The number of hydrogen-bond donors (Lipinski definition) is 0. The maximum atomic E-state index is 13.3. The van der Waals surface area contributed by atoms with Gasteiger partial charge in [0.25, 0.3) is 5.91 Å². The Bertz CT molecular complexity index is 1180. The molecule has 0 aliphatic carbocycles. The maximum absolute atomic E-state index is 13.3. The number of carbonyl (C=O) groups excluding carboxylic acids is 1. The van der Waals surface area contributed by atoms with Gasteiger partial charge >= 0.3 is 6.18 Å². The molecule has 0 spiro atoms. The van der Waals surface area contributed by atoms with Crippen molar-refractivity contribution in [2.24, 2.45) is 4.99 Å². The van der Waals surface area contributed by atoms with E-state index in [4.69, 9.17) is 4.74 Å². The van der Waals surface area contributed by atoms with E-state index in [1.807, 2.05) is 0 Å². The number of aliphatic imine (C=N–C) groups is 1. The van der Waals surface area contributed by atoms with Gasteiger partial charge in [-0.25, -0.2) is 8.42 Å². The normalized spacial score (nSPS) is 23.4. The summed E-state index contributed by atoms with van der Waals surface area (Å²) in [4.78, 5) is 18.3. The first-order chi connectivity index (χ1) is 15.1. The summed E-state index contributed by atoms with van der Waals surface area (Å²) < 4.78 is 69.3. The summed E-state index contributed by atoms with van der Waals surface area (Å²) in [5, 5.41) is -0.207. The van der Waals surface area contributed by atoms with Gasteiger partial charge in [-0.05, 0) is 24.3 Å². The van der Waals surface area contributed by atoms with Crippen molar-refractivity contribution < 1.29 is 31.1 Å². The van der Waals surface area contributed by atoms with Gasteiger partial charge in [-0.2, -0.15) is 18.2 Å². The molecule has 0 bridgehead atoms. The van der Waals surface area contributed by atoms with E-state index in [-0.39, 0.29) is 28.8 Å². The van der Waals surface area contributed by atoms with Crippen molar-refractivity contribution >= 4 is 38.4 Å². The molecule has 2 aliphatic rings. The molecule has 2 atom stereocenters. The SMILES string of the molecule is COc1ccccc1CC(=O)N=C1S[C@@H]2CS(=O)(=O)C[C@@H]2N1c1cccc(C(F)(F)F)c1. The van der Waals surface area contributed by atoms with E-state index >= 15 is 0 Å². The molecule has 2 saturated heterocycles. The first kappa shape index (κ1) is 22.7. The molecule has 32 heavy (non-hydrogen) atoms. The minimum atomic E-state index is -4.55. The lowest BCUT2D eigenvalue weighted by Crippen LogP contribution is -2.38. The van der Waals surface area contributed by atoms with Crippen LogP contribution < -0.4 is 9.64 Å². The molecule has 170 valence electrons. The molecule has 0 radical (unpaired) electrons. The Kier molecular flexibility index (Phi) is 5.97. The number of para-hydroxylation sites is 1. The largest absolute Gasteiger partial charge is 0.496 e.